The van der Waals surface area contributed by atoms with Crippen LogP contribution in [-0.2, 0) is 0 Å². The third-order valence-corrected chi connectivity index (χ3v) is 8.29. The molecule has 0 heteroatoms. The van der Waals surface area contributed by atoms with Crippen molar-refractivity contribution in [3.8, 4) is 33.4 Å². The summed E-state index contributed by atoms with van der Waals surface area (Å²) in [7, 11) is 0. The Kier molecular flexibility index (Phi) is 4.84. The summed E-state index contributed by atoms with van der Waals surface area (Å²) in [6, 6.07) is 51.4. The predicted octanol–water partition coefficient (Wildman–Crippen LogP) is 11.0. The molecule has 39 heavy (non-hydrogen) atoms. The lowest BCUT2D eigenvalue weighted by molar-refractivity contribution is 1.46. The van der Waals surface area contributed by atoms with E-state index in [0.29, 0.717) is 0 Å². The second kappa shape index (κ2) is 8.55. The van der Waals surface area contributed by atoms with Crippen molar-refractivity contribution < 1.29 is 0 Å². The smallest absolute Gasteiger partial charge is 0.00203 e. The van der Waals surface area contributed by atoms with Gasteiger partial charge in [0.25, 0.3) is 0 Å². The molecule has 0 N–H and O–H groups in total. The average molecular weight is 495 g/mol. The molecule has 0 amide bonds. The molecule has 0 aromatic heterocycles. The molecular weight excluding hydrogens is 468 g/mol. The van der Waals surface area contributed by atoms with Gasteiger partial charge in [-0.05, 0) is 83.4 Å². The molecule has 0 saturated heterocycles. The number of fused-ring (bicyclic) bond motifs is 1. The van der Waals surface area contributed by atoms with Gasteiger partial charge in [0.2, 0.25) is 0 Å². The van der Waals surface area contributed by atoms with Crippen LogP contribution in [0.2, 0.25) is 0 Å². The summed E-state index contributed by atoms with van der Waals surface area (Å²) in [5.74, 6) is 0. The Balaban J connectivity index is 1.45. The maximum absolute atomic E-state index is 2.33. The van der Waals surface area contributed by atoms with E-state index in [2.05, 4.69) is 146 Å². The van der Waals surface area contributed by atoms with Gasteiger partial charge in [0.15, 0.2) is 0 Å². The van der Waals surface area contributed by atoms with E-state index in [0.717, 1.165) is 0 Å². The minimum absolute atomic E-state index is 1.25. The van der Waals surface area contributed by atoms with Gasteiger partial charge >= 0.3 is 0 Å². The molecule has 0 unspecified atom stereocenters. The van der Waals surface area contributed by atoms with Gasteiger partial charge in [-0.25, -0.2) is 0 Å². The molecule has 0 atom stereocenters. The van der Waals surface area contributed by atoms with Crippen molar-refractivity contribution in [2.75, 3.05) is 0 Å². The second-order valence-electron chi connectivity index (χ2n) is 10.6. The van der Waals surface area contributed by atoms with Crippen LogP contribution in [0.4, 0.5) is 0 Å². The van der Waals surface area contributed by atoms with E-state index < -0.39 is 0 Å². The summed E-state index contributed by atoms with van der Waals surface area (Å²) >= 11 is 0. The quantitative estimate of drug-likeness (QED) is 0.214. The van der Waals surface area contributed by atoms with Crippen molar-refractivity contribution in [3.63, 3.8) is 0 Å². The highest BCUT2D eigenvalue weighted by atomic mass is 14.2. The number of benzene rings is 8. The first-order valence-electron chi connectivity index (χ1n) is 13.6. The van der Waals surface area contributed by atoms with Crippen LogP contribution in [0, 0.1) is 6.92 Å². The molecule has 0 aliphatic rings. The molecule has 0 heterocycles. The zero-order chi connectivity index (χ0) is 25.9. The van der Waals surface area contributed by atoms with Crippen LogP contribution in [0.15, 0.2) is 140 Å². The Labute approximate surface area is 228 Å². The van der Waals surface area contributed by atoms with E-state index >= 15 is 0 Å². The van der Waals surface area contributed by atoms with Gasteiger partial charge in [0.1, 0.15) is 0 Å². The van der Waals surface area contributed by atoms with Crippen LogP contribution >= 0.6 is 0 Å². The SMILES string of the molecule is Cc1ccc(-c2ccc3ccc4c(-c5cccc6ccccc56)ccc5ccc2c3c54)c(-c2ccccc2)c1. The van der Waals surface area contributed by atoms with Gasteiger partial charge in [-0.15, -0.1) is 0 Å². The molecule has 0 radical (unpaired) electrons. The molecule has 8 aromatic rings. The predicted molar refractivity (Wildman–Crippen MR) is 169 cm³/mol. The zero-order valence-electron chi connectivity index (χ0n) is 21.8. The largest absolute Gasteiger partial charge is 0.0622 e. The molecule has 0 aliphatic carbocycles. The third kappa shape index (κ3) is 3.39. The van der Waals surface area contributed by atoms with E-state index in [1.165, 1.54) is 82.0 Å². The maximum atomic E-state index is 2.33. The lowest BCUT2D eigenvalue weighted by atomic mass is 9.85. The Hall–Kier alpha value is -4.94. The van der Waals surface area contributed by atoms with Gasteiger partial charge in [0.05, 0.1) is 0 Å². The lowest BCUT2D eigenvalue weighted by Crippen LogP contribution is -1.92. The minimum Gasteiger partial charge on any atom is -0.0622 e. The molecule has 0 aliphatic heterocycles. The number of aryl methyl sites for hydroxylation is 1. The van der Waals surface area contributed by atoms with Crippen LogP contribution in [0.5, 0.6) is 0 Å². The molecule has 0 spiro atoms. The molecule has 8 rings (SSSR count). The Morgan fingerprint density at radius 1 is 0.333 bits per heavy atom. The van der Waals surface area contributed by atoms with Crippen LogP contribution in [-0.4, -0.2) is 0 Å². The van der Waals surface area contributed by atoms with Crippen molar-refractivity contribution in [2.24, 2.45) is 0 Å². The highest BCUT2D eigenvalue weighted by Gasteiger charge is 2.17. The van der Waals surface area contributed by atoms with Crippen molar-refractivity contribution in [1.29, 1.82) is 0 Å². The molecule has 8 aromatic carbocycles. The molecule has 0 bridgehead atoms. The highest BCUT2D eigenvalue weighted by molar-refractivity contribution is 6.28. The van der Waals surface area contributed by atoms with Crippen molar-refractivity contribution in [3.05, 3.63) is 145 Å². The fraction of sp³-hybridized carbons (Fsp3) is 0.0256. The van der Waals surface area contributed by atoms with E-state index in [4.69, 9.17) is 0 Å². The second-order valence-corrected chi connectivity index (χ2v) is 10.6. The third-order valence-electron chi connectivity index (χ3n) is 8.29. The van der Waals surface area contributed by atoms with Gasteiger partial charge in [-0.2, -0.15) is 0 Å². The number of hydrogen-bond donors (Lipinski definition) is 0. The van der Waals surface area contributed by atoms with Crippen LogP contribution in [0.1, 0.15) is 5.56 Å². The van der Waals surface area contributed by atoms with E-state index in [9.17, 15) is 0 Å². The number of rotatable bonds is 3. The molecular formula is C39H26. The Bertz CT molecular complexity index is 2160. The summed E-state index contributed by atoms with van der Waals surface area (Å²) in [4.78, 5) is 0. The van der Waals surface area contributed by atoms with Gasteiger partial charge < -0.3 is 0 Å². The average Bonchev–Trinajstić information content (AvgIpc) is 3.00. The maximum Gasteiger partial charge on any atom is -0.00203 e. The molecule has 0 saturated carbocycles. The topological polar surface area (TPSA) is 0 Å². The van der Waals surface area contributed by atoms with Gasteiger partial charge in [-0.3, -0.25) is 0 Å². The first-order chi connectivity index (χ1) is 19.3. The summed E-state index contributed by atoms with van der Waals surface area (Å²) in [5.41, 5.74) is 8.94. The Morgan fingerprint density at radius 2 is 0.897 bits per heavy atom. The standard InChI is InChI=1S/C39H26/c1-25-14-19-34(37(24-25)27-8-3-2-4-9-27)33-21-16-29-17-22-35-32(20-15-28-18-23-36(33)39(29)38(28)35)31-13-7-11-26-10-5-6-12-30(26)31/h2-24H,1H3. The molecule has 182 valence electrons. The Morgan fingerprint density at radius 3 is 1.64 bits per heavy atom. The molecule has 0 nitrogen and oxygen atoms in total. The van der Waals surface area contributed by atoms with E-state index in [1.807, 2.05) is 0 Å². The minimum atomic E-state index is 1.25. The number of hydrogen-bond acceptors (Lipinski definition) is 0. The summed E-state index contributed by atoms with van der Waals surface area (Å²) in [5, 5.41) is 10.5. The van der Waals surface area contributed by atoms with Crippen molar-refractivity contribution in [1.82, 2.24) is 0 Å². The molecule has 0 fully saturated rings. The van der Waals surface area contributed by atoms with Crippen LogP contribution in [0.25, 0.3) is 76.5 Å². The lowest BCUT2D eigenvalue weighted by Gasteiger charge is -2.18. The first kappa shape index (κ1) is 22.1. The zero-order valence-corrected chi connectivity index (χ0v) is 21.8. The first-order valence-corrected chi connectivity index (χ1v) is 13.6. The monoisotopic (exact) mass is 494 g/mol. The fourth-order valence-corrected chi connectivity index (χ4v) is 6.48. The van der Waals surface area contributed by atoms with Gasteiger partial charge in [-0.1, -0.05) is 145 Å². The van der Waals surface area contributed by atoms with Crippen LogP contribution < -0.4 is 0 Å². The van der Waals surface area contributed by atoms with Gasteiger partial charge in [0, 0.05) is 0 Å². The highest BCUT2D eigenvalue weighted by Crippen LogP contribution is 2.44. The normalized spacial score (nSPS) is 11.7. The summed E-state index contributed by atoms with van der Waals surface area (Å²) in [6.45, 7) is 2.18. The fourth-order valence-electron chi connectivity index (χ4n) is 6.48. The van der Waals surface area contributed by atoms with E-state index in [1.54, 1.807) is 0 Å². The summed E-state index contributed by atoms with van der Waals surface area (Å²) in [6.07, 6.45) is 0. The van der Waals surface area contributed by atoms with Crippen LogP contribution in [0.3, 0.4) is 0 Å². The van der Waals surface area contributed by atoms with Crippen molar-refractivity contribution >= 4 is 43.1 Å². The summed E-state index contributed by atoms with van der Waals surface area (Å²) < 4.78 is 0. The van der Waals surface area contributed by atoms with Crippen molar-refractivity contribution in [2.45, 2.75) is 6.92 Å². The van der Waals surface area contributed by atoms with E-state index in [-0.39, 0.29) is 0 Å².